The number of benzene rings is 2. The Labute approximate surface area is 129 Å². The summed E-state index contributed by atoms with van der Waals surface area (Å²) in [6, 6.07) is 6.13. The maximum Gasteiger partial charge on any atom is 0.0408 e. The zero-order valence-electron chi connectivity index (χ0n) is 7.12. The first-order valence-electron chi connectivity index (χ1n) is 3.93. The molecular formula is C10H3Br5. The average Bonchev–Trinajstić information content (AvgIpc) is 2.19. The van der Waals surface area contributed by atoms with Gasteiger partial charge in [-0.3, -0.25) is 0 Å². The smallest absolute Gasteiger partial charge is 0.0408 e. The Morgan fingerprint density at radius 1 is 0.667 bits per heavy atom. The van der Waals surface area contributed by atoms with Crippen LogP contribution < -0.4 is 0 Å². The van der Waals surface area contributed by atoms with Gasteiger partial charge in [0.2, 0.25) is 0 Å². The highest BCUT2D eigenvalue weighted by Gasteiger charge is 2.12. The van der Waals surface area contributed by atoms with Crippen molar-refractivity contribution in [2.24, 2.45) is 0 Å². The molecule has 0 unspecified atom stereocenters. The van der Waals surface area contributed by atoms with Crippen molar-refractivity contribution in [3.05, 3.63) is 40.6 Å². The fourth-order valence-electron chi connectivity index (χ4n) is 1.34. The number of hydrogen-bond donors (Lipinski definition) is 0. The maximum absolute atomic E-state index is 3.58. The molecule has 0 saturated carbocycles. The molecule has 0 bridgehead atoms. The summed E-state index contributed by atoms with van der Waals surface area (Å²) in [7, 11) is 0. The van der Waals surface area contributed by atoms with Crippen LogP contribution in [0.5, 0.6) is 0 Å². The fraction of sp³-hybridized carbons (Fsp3) is 0. The second kappa shape index (κ2) is 4.77. The van der Waals surface area contributed by atoms with Gasteiger partial charge in [-0.05, 0) is 81.2 Å². The van der Waals surface area contributed by atoms with E-state index in [4.69, 9.17) is 0 Å². The molecule has 0 radical (unpaired) electrons. The zero-order chi connectivity index (χ0) is 11.2. The first kappa shape index (κ1) is 12.6. The minimum Gasteiger partial charge on any atom is -0.0520 e. The molecule has 0 saturated heterocycles. The van der Waals surface area contributed by atoms with Gasteiger partial charge in [0.25, 0.3) is 0 Å². The summed E-state index contributed by atoms with van der Waals surface area (Å²) in [6.07, 6.45) is 0. The lowest BCUT2D eigenvalue weighted by atomic mass is 10.1. The molecule has 0 aliphatic carbocycles. The molecule has 5 heteroatoms. The summed E-state index contributed by atoms with van der Waals surface area (Å²) in [5.74, 6) is 0. The predicted octanol–water partition coefficient (Wildman–Crippen LogP) is 6.65. The highest BCUT2D eigenvalue weighted by molar-refractivity contribution is 9.14. The summed E-state index contributed by atoms with van der Waals surface area (Å²) < 4.78 is 5.24. The average molecular weight is 523 g/mol. The van der Waals surface area contributed by atoms with Gasteiger partial charge >= 0.3 is 0 Å². The van der Waals surface area contributed by atoms with Gasteiger partial charge < -0.3 is 0 Å². The molecule has 78 valence electrons. The predicted molar refractivity (Wildman–Crippen MR) is 82.4 cm³/mol. The Bertz CT molecular complexity index is 539. The van der Waals surface area contributed by atoms with Crippen molar-refractivity contribution in [3.8, 4) is 0 Å². The second-order valence-corrected chi connectivity index (χ2v) is 7.09. The van der Waals surface area contributed by atoms with Gasteiger partial charge in [-0.15, -0.1) is 0 Å². The van der Waals surface area contributed by atoms with Gasteiger partial charge in [-0.1, -0.05) is 22.0 Å². The summed E-state index contributed by atoms with van der Waals surface area (Å²) in [4.78, 5) is 0. The number of hydrogen-bond acceptors (Lipinski definition) is 0. The molecule has 0 aliphatic rings. The van der Waals surface area contributed by atoms with Crippen LogP contribution in [0.15, 0.2) is 40.6 Å². The monoisotopic (exact) mass is 518 g/mol. The molecule has 0 heterocycles. The topological polar surface area (TPSA) is 0 Å². The van der Waals surface area contributed by atoms with Gasteiger partial charge in [-0.25, -0.2) is 0 Å². The summed E-state index contributed by atoms with van der Waals surface area (Å²) >= 11 is 17.7. The lowest BCUT2D eigenvalue weighted by Gasteiger charge is -2.09. The van der Waals surface area contributed by atoms with Crippen molar-refractivity contribution in [2.75, 3.05) is 0 Å². The van der Waals surface area contributed by atoms with Gasteiger partial charge in [0, 0.05) is 27.7 Å². The molecule has 15 heavy (non-hydrogen) atoms. The molecule has 0 amide bonds. The standard InChI is InChI=1S/C10H3Br5/c11-5-2-1-4-6(12)3-7(13)10(15)8(4)9(5)14/h1-3H. The molecule has 2 rings (SSSR count). The van der Waals surface area contributed by atoms with Crippen molar-refractivity contribution < 1.29 is 0 Å². The normalized spacial score (nSPS) is 11.0. The van der Waals surface area contributed by atoms with E-state index in [1.165, 1.54) is 5.39 Å². The summed E-state index contributed by atoms with van der Waals surface area (Å²) in [6.45, 7) is 0. The van der Waals surface area contributed by atoms with E-state index in [-0.39, 0.29) is 0 Å². The van der Waals surface area contributed by atoms with Gasteiger partial charge in [0.05, 0.1) is 0 Å². The van der Waals surface area contributed by atoms with Gasteiger partial charge in [-0.2, -0.15) is 0 Å². The van der Waals surface area contributed by atoms with E-state index in [1.807, 2.05) is 12.1 Å². The Kier molecular flexibility index (Phi) is 3.99. The first-order chi connectivity index (χ1) is 7.02. The van der Waals surface area contributed by atoms with Crippen LogP contribution in [0.1, 0.15) is 0 Å². The third kappa shape index (κ3) is 2.23. The number of halogens is 5. The molecule has 0 aromatic heterocycles. The quantitative estimate of drug-likeness (QED) is 0.340. The molecule has 0 fully saturated rings. The zero-order valence-corrected chi connectivity index (χ0v) is 15.1. The van der Waals surface area contributed by atoms with E-state index in [1.54, 1.807) is 0 Å². The third-order valence-corrected chi connectivity index (χ3v) is 6.69. The van der Waals surface area contributed by atoms with Crippen molar-refractivity contribution in [3.63, 3.8) is 0 Å². The van der Waals surface area contributed by atoms with Crippen molar-refractivity contribution in [2.45, 2.75) is 0 Å². The Hall–Kier alpha value is 1.10. The first-order valence-corrected chi connectivity index (χ1v) is 7.90. The largest absolute Gasteiger partial charge is 0.0520 e. The lowest BCUT2D eigenvalue weighted by Crippen LogP contribution is -1.82. The van der Waals surface area contributed by atoms with Crippen LogP contribution >= 0.6 is 79.6 Å². The SMILES string of the molecule is Brc1ccc2c(Br)cc(Br)c(Br)c2c1Br. The number of rotatable bonds is 0. The molecule has 0 N–H and O–H groups in total. The minimum absolute atomic E-state index is 1.03. The minimum atomic E-state index is 1.03. The van der Waals surface area contributed by atoms with Crippen LogP contribution in [-0.2, 0) is 0 Å². The molecule has 0 spiro atoms. The highest BCUT2D eigenvalue weighted by Crippen LogP contribution is 2.42. The molecule has 2 aromatic rings. The summed E-state index contributed by atoms with van der Waals surface area (Å²) in [5.41, 5.74) is 0. The fourth-order valence-corrected chi connectivity index (χ4v) is 4.30. The third-order valence-electron chi connectivity index (χ3n) is 2.03. The van der Waals surface area contributed by atoms with Crippen LogP contribution in [-0.4, -0.2) is 0 Å². The van der Waals surface area contributed by atoms with Crippen molar-refractivity contribution in [1.82, 2.24) is 0 Å². The van der Waals surface area contributed by atoms with Crippen molar-refractivity contribution in [1.29, 1.82) is 0 Å². The number of fused-ring (bicyclic) bond motifs is 1. The van der Waals surface area contributed by atoms with E-state index in [9.17, 15) is 0 Å². The molecular weight excluding hydrogens is 520 g/mol. The van der Waals surface area contributed by atoms with Crippen molar-refractivity contribution >= 4 is 90.4 Å². The Morgan fingerprint density at radius 2 is 1.27 bits per heavy atom. The van der Waals surface area contributed by atoms with E-state index < -0.39 is 0 Å². The Balaban J connectivity index is 3.04. The molecule has 2 aromatic carbocycles. The van der Waals surface area contributed by atoms with Crippen LogP contribution in [0.3, 0.4) is 0 Å². The molecule has 0 atom stereocenters. The molecule has 0 aliphatic heterocycles. The molecule has 0 nitrogen and oxygen atoms in total. The second-order valence-electron chi connectivity index (χ2n) is 2.94. The highest BCUT2D eigenvalue weighted by atomic mass is 79.9. The van der Waals surface area contributed by atoms with Crippen LogP contribution in [0.25, 0.3) is 10.8 Å². The lowest BCUT2D eigenvalue weighted by molar-refractivity contribution is 1.58. The van der Waals surface area contributed by atoms with Crippen LogP contribution in [0.4, 0.5) is 0 Å². The van der Waals surface area contributed by atoms with Crippen LogP contribution in [0.2, 0.25) is 0 Å². The van der Waals surface area contributed by atoms with E-state index in [0.29, 0.717) is 0 Å². The van der Waals surface area contributed by atoms with E-state index in [0.717, 1.165) is 27.7 Å². The van der Waals surface area contributed by atoms with E-state index >= 15 is 0 Å². The summed E-state index contributed by atoms with van der Waals surface area (Å²) in [5, 5.41) is 2.31. The maximum atomic E-state index is 3.58. The van der Waals surface area contributed by atoms with E-state index in [2.05, 4.69) is 85.7 Å². The Morgan fingerprint density at radius 3 is 1.93 bits per heavy atom. The van der Waals surface area contributed by atoms with Crippen LogP contribution in [0, 0.1) is 0 Å². The van der Waals surface area contributed by atoms with Gasteiger partial charge in [0.1, 0.15) is 0 Å². The van der Waals surface area contributed by atoms with Gasteiger partial charge in [0.15, 0.2) is 0 Å².